The SMILES string of the molecule is CCC(=O)Nc1ccc(N2CCN(C(=O)C(C)(C)C)CC2)cc1. The number of hydrogen-bond acceptors (Lipinski definition) is 3. The number of piperazine rings is 1. The molecule has 1 aromatic carbocycles. The average Bonchev–Trinajstić information content (AvgIpc) is 2.54. The fraction of sp³-hybridized carbons (Fsp3) is 0.556. The number of rotatable bonds is 3. The maximum Gasteiger partial charge on any atom is 0.228 e. The van der Waals surface area contributed by atoms with Gasteiger partial charge in [0.25, 0.3) is 0 Å². The summed E-state index contributed by atoms with van der Waals surface area (Å²) >= 11 is 0. The molecule has 2 amide bonds. The summed E-state index contributed by atoms with van der Waals surface area (Å²) in [6.07, 6.45) is 0.478. The Kier molecular flexibility index (Phi) is 5.29. The molecule has 1 N–H and O–H groups in total. The van der Waals surface area contributed by atoms with Crippen molar-refractivity contribution in [1.82, 2.24) is 4.90 Å². The molecule has 0 bridgehead atoms. The zero-order chi connectivity index (χ0) is 17.0. The molecular weight excluding hydrogens is 290 g/mol. The molecule has 5 heteroatoms. The average molecular weight is 317 g/mol. The summed E-state index contributed by atoms with van der Waals surface area (Å²) in [5.74, 6) is 0.238. The van der Waals surface area contributed by atoms with Crippen LogP contribution in [0.1, 0.15) is 34.1 Å². The minimum absolute atomic E-state index is 0.0204. The third-order valence-electron chi connectivity index (χ3n) is 4.05. The van der Waals surface area contributed by atoms with E-state index >= 15 is 0 Å². The third-order valence-corrected chi connectivity index (χ3v) is 4.05. The molecule has 5 nitrogen and oxygen atoms in total. The quantitative estimate of drug-likeness (QED) is 0.932. The van der Waals surface area contributed by atoms with Crippen LogP contribution in [0.3, 0.4) is 0 Å². The molecule has 0 radical (unpaired) electrons. The van der Waals surface area contributed by atoms with Crippen molar-refractivity contribution in [2.75, 3.05) is 36.4 Å². The summed E-state index contributed by atoms with van der Waals surface area (Å²) in [6.45, 7) is 10.9. The Labute approximate surface area is 138 Å². The van der Waals surface area contributed by atoms with E-state index in [0.29, 0.717) is 6.42 Å². The second kappa shape index (κ2) is 7.02. The lowest BCUT2D eigenvalue weighted by molar-refractivity contribution is -0.139. The number of nitrogens with zero attached hydrogens (tertiary/aromatic N) is 2. The highest BCUT2D eigenvalue weighted by molar-refractivity contribution is 5.90. The first-order chi connectivity index (χ1) is 10.8. The van der Waals surface area contributed by atoms with Crippen LogP contribution >= 0.6 is 0 Å². The summed E-state index contributed by atoms with van der Waals surface area (Å²) in [5, 5.41) is 2.85. The van der Waals surface area contributed by atoms with E-state index < -0.39 is 0 Å². The van der Waals surface area contributed by atoms with Crippen LogP contribution in [0.25, 0.3) is 0 Å². The predicted molar refractivity (Wildman–Crippen MR) is 93.6 cm³/mol. The lowest BCUT2D eigenvalue weighted by Gasteiger charge is -2.38. The van der Waals surface area contributed by atoms with Gasteiger partial charge in [0.2, 0.25) is 11.8 Å². The van der Waals surface area contributed by atoms with Crippen molar-refractivity contribution in [3.05, 3.63) is 24.3 Å². The topological polar surface area (TPSA) is 52.7 Å². The van der Waals surface area contributed by atoms with E-state index in [2.05, 4.69) is 10.2 Å². The van der Waals surface area contributed by atoms with Crippen LogP contribution in [-0.2, 0) is 9.59 Å². The standard InChI is InChI=1S/C18H27N3O2/c1-5-16(22)19-14-6-8-15(9-7-14)20-10-12-21(13-11-20)17(23)18(2,3)4/h6-9H,5,10-13H2,1-4H3,(H,19,22). The molecule has 0 aromatic heterocycles. The summed E-state index contributed by atoms with van der Waals surface area (Å²) < 4.78 is 0. The van der Waals surface area contributed by atoms with Crippen LogP contribution in [0.15, 0.2) is 24.3 Å². The highest BCUT2D eigenvalue weighted by Crippen LogP contribution is 2.22. The Morgan fingerprint density at radius 1 is 1.04 bits per heavy atom. The van der Waals surface area contributed by atoms with Gasteiger partial charge >= 0.3 is 0 Å². The van der Waals surface area contributed by atoms with Crippen LogP contribution in [-0.4, -0.2) is 42.9 Å². The van der Waals surface area contributed by atoms with Crippen molar-refractivity contribution < 1.29 is 9.59 Å². The number of carbonyl (C=O) groups excluding carboxylic acids is 2. The van der Waals surface area contributed by atoms with Gasteiger partial charge < -0.3 is 15.1 Å². The molecule has 0 aliphatic carbocycles. The van der Waals surface area contributed by atoms with Crippen LogP contribution in [0.2, 0.25) is 0 Å². The summed E-state index contributed by atoms with van der Waals surface area (Å²) in [6, 6.07) is 7.89. The molecule has 1 aromatic rings. The van der Waals surface area contributed by atoms with Crippen molar-refractivity contribution in [3.8, 4) is 0 Å². The van der Waals surface area contributed by atoms with Crippen molar-refractivity contribution in [2.24, 2.45) is 5.41 Å². The van der Waals surface area contributed by atoms with Crippen LogP contribution in [0.4, 0.5) is 11.4 Å². The van der Waals surface area contributed by atoms with Gasteiger partial charge in [0, 0.05) is 49.4 Å². The van der Waals surface area contributed by atoms with E-state index in [1.54, 1.807) is 0 Å². The molecule has 0 atom stereocenters. The summed E-state index contributed by atoms with van der Waals surface area (Å²) in [4.78, 5) is 27.9. The van der Waals surface area contributed by atoms with Crippen LogP contribution in [0.5, 0.6) is 0 Å². The lowest BCUT2D eigenvalue weighted by atomic mass is 9.94. The van der Waals surface area contributed by atoms with Gasteiger partial charge in [-0.3, -0.25) is 9.59 Å². The minimum atomic E-state index is -0.318. The molecule has 1 aliphatic rings. The third kappa shape index (κ3) is 4.47. The first-order valence-electron chi connectivity index (χ1n) is 8.25. The Balaban J connectivity index is 1.93. The van der Waals surface area contributed by atoms with E-state index in [1.807, 2.05) is 56.9 Å². The van der Waals surface area contributed by atoms with E-state index in [0.717, 1.165) is 37.6 Å². The molecule has 0 unspecified atom stereocenters. The maximum absolute atomic E-state index is 12.3. The molecule has 1 saturated heterocycles. The van der Waals surface area contributed by atoms with Gasteiger partial charge in [-0.15, -0.1) is 0 Å². The molecule has 0 saturated carbocycles. The summed E-state index contributed by atoms with van der Waals surface area (Å²) in [5.41, 5.74) is 1.63. The maximum atomic E-state index is 12.3. The van der Waals surface area contributed by atoms with Gasteiger partial charge in [-0.25, -0.2) is 0 Å². The van der Waals surface area contributed by atoms with Crippen molar-refractivity contribution in [1.29, 1.82) is 0 Å². The van der Waals surface area contributed by atoms with Gasteiger partial charge in [0.15, 0.2) is 0 Å². The van der Waals surface area contributed by atoms with E-state index in [9.17, 15) is 9.59 Å². The number of amides is 2. The second-order valence-electron chi connectivity index (χ2n) is 6.98. The number of nitrogens with one attached hydrogen (secondary N) is 1. The monoisotopic (exact) mass is 317 g/mol. The highest BCUT2D eigenvalue weighted by atomic mass is 16.2. The minimum Gasteiger partial charge on any atom is -0.368 e. The number of benzene rings is 1. The van der Waals surface area contributed by atoms with Gasteiger partial charge in [0.05, 0.1) is 0 Å². The molecule has 1 heterocycles. The Bertz CT molecular complexity index is 553. The first-order valence-corrected chi connectivity index (χ1v) is 8.25. The number of anilines is 2. The molecule has 2 rings (SSSR count). The zero-order valence-corrected chi connectivity index (χ0v) is 14.6. The van der Waals surface area contributed by atoms with E-state index in [-0.39, 0.29) is 17.2 Å². The fourth-order valence-electron chi connectivity index (χ4n) is 2.65. The Morgan fingerprint density at radius 2 is 1.61 bits per heavy atom. The molecule has 1 aliphatic heterocycles. The van der Waals surface area contributed by atoms with E-state index in [4.69, 9.17) is 0 Å². The largest absolute Gasteiger partial charge is 0.368 e. The molecule has 0 spiro atoms. The summed E-state index contributed by atoms with van der Waals surface area (Å²) in [7, 11) is 0. The normalized spacial score (nSPS) is 15.5. The molecule has 1 fully saturated rings. The second-order valence-corrected chi connectivity index (χ2v) is 6.98. The van der Waals surface area contributed by atoms with Crippen molar-refractivity contribution in [3.63, 3.8) is 0 Å². The van der Waals surface area contributed by atoms with Gasteiger partial charge in [-0.05, 0) is 24.3 Å². The molecule has 23 heavy (non-hydrogen) atoms. The van der Waals surface area contributed by atoms with Crippen molar-refractivity contribution in [2.45, 2.75) is 34.1 Å². The van der Waals surface area contributed by atoms with Crippen LogP contribution in [0, 0.1) is 5.41 Å². The Morgan fingerprint density at radius 3 is 2.09 bits per heavy atom. The molecule has 126 valence electrons. The zero-order valence-electron chi connectivity index (χ0n) is 14.6. The fourth-order valence-corrected chi connectivity index (χ4v) is 2.65. The van der Waals surface area contributed by atoms with E-state index in [1.165, 1.54) is 0 Å². The predicted octanol–water partition coefficient (Wildman–Crippen LogP) is 2.73. The first kappa shape index (κ1) is 17.3. The smallest absolute Gasteiger partial charge is 0.228 e. The van der Waals surface area contributed by atoms with Crippen LogP contribution < -0.4 is 10.2 Å². The highest BCUT2D eigenvalue weighted by Gasteiger charge is 2.29. The van der Waals surface area contributed by atoms with Gasteiger partial charge in [-0.1, -0.05) is 27.7 Å². The number of carbonyl (C=O) groups is 2. The molecular formula is C18H27N3O2. The number of hydrogen-bond donors (Lipinski definition) is 1. The van der Waals surface area contributed by atoms with Gasteiger partial charge in [0.1, 0.15) is 0 Å². The van der Waals surface area contributed by atoms with Gasteiger partial charge in [-0.2, -0.15) is 0 Å². The van der Waals surface area contributed by atoms with Crippen molar-refractivity contribution >= 4 is 23.2 Å². The Hall–Kier alpha value is -2.04. The lowest BCUT2D eigenvalue weighted by Crippen LogP contribution is -2.51.